The number of nitrogens with zero attached hydrogens (tertiary/aromatic N) is 3. The summed E-state index contributed by atoms with van der Waals surface area (Å²) in [5.41, 5.74) is 5.68. The van der Waals surface area contributed by atoms with E-state index >= 15 is 0 Å². The van der Waals surface area contributed by atoms with E-state index in [1.165, 1.54) is 28.1 Å². The van der Waals surface area contributed by atoms with Crippen molar-refractivity contribution >= 4 is 57.7 Å². The number of nitrogens with two attached hydrogens (primary N) is 1. The number of thiazole rings is 1. The molecule has 3 unspecified atom stereocenters. The number of hydrogen-bond acceptors (Lipinski definition) is 14. The predicted molar refractivity (Wildman–Crippen MR) is 135 cm³/mol. The number of thioether (sulfide) groups is 1. The van der Waals surface area contributed by atoms with Crippen LogP contribution in [0.5, 0.6) is 11.5 Å². The number of benzene rings is 1. The van der Waals surface area contributed by atoms with Crippen molar-refractivity contribution in [1.82, 2.24) is 15.2 Å². The van der Waals surface area contributed by atoms with E-state index in [1.54, 1.807) is 6.92 Å². The molecule has 0 saturated carbocycles. The molecule has 2 aliphatic heterocycles. The molecule has 1 aromatic carbocycles. The van der Waals surface area contributed by atoms with Gasteiger partial charge < -0.3 is 31.2 Å². The quantitative estimate of drug-likeness (QED) is 0.0896. The van der Waals surface area contributed by atoms with Gasteiger partial charge in [-0.15, -0.1) is 23.1 Å². The first-order valence-corrected chi connectivity index (χ1v) is 12.9. The summed E-state index contributed by atoms with van der Waals surface area (Å²) in [6.07, 6.45) is -1.78. The zero-order valence-corrected chi connectivity index (χ0v) is 21.8. The molecule has 0 aliphatic carbocycles. The van der Waals surface area contributed by atoms with Gasteiger partial charge in [0.25, 0.3) is 11.8 Å². The summed E-state index contributed by atoms with van der Waals surface area (Å²) >= 11 is 2.29. The number of aliphatic carboxylic acids is 1. The molecule has 0 radical (unpaired) electrons. The third-order valence-electron chi connectivity index (χ3n) is 5.55. The van der Waals surface area contributed by atoms with E-state index < -0.39 is 58.5 Å². The molecule has 0 spiro atoms. The molecule has 1 aromatic heterocycles. The standard InChI is InChI=1S/C22H21N5O10S2/c1-8-6-38-19-14(18(31)27(19)15(8)21(34)37-35-2)25-17(30)13(10-7-39-22(23)24-10)26-36-16(20(32)33)9-3-4-11(28)12(29)5-9/h3-5,7,14,16,19,28-29H,6H2,1-2H3,(H2,23,24)(H,25,30)(H,32,33)/b26-13-. The predicted octanol–water partition coefficient (Wildman–Crippen LogP) is 0.462. The van der Waals surface area contributed by atoms with Crippen molar-refractivity contribution in [3.8, 4) is 11.5 Å². The molecule has 15 nitrogen and oxygen atoms in total. The van der Waals surface area contributed by atoms with Gasteiger partial charge in [-0.3, -0.25) is 19.4 Å². The molecule has 2 aliphatic rings. The Labute approximate surface area is 227 Å². The van der Waals surface area contributed by atoms with E-state index in [0.29, 0.717) is 11.3 Å². The summed E-state index contributed by atoms with van der Waals surface area (Å²) in [5.74, 6) is -4.58. The molecule has 2 amide bonds. The molecule has 3 atom stereocenters. The van der Waals surface area contributed by atoms with Crippen molar-refractivity contribution in [2.45, 2.75) is 24.4 Å². The SMILES string of the molecule is COOC(=O)C1=C(C)CSC2C(NC(=O)/C(=N\OC(C(=O)O)c3ccc(O)c(O)c3)c3csc(N)n3)C(=O)N12. The second-order valence-corrected chi connectivity index (χ2v) is 10.1. The van der Waals surface area contributed by atoms with E-state index in [0.717, 1.165) is 30.6 Å². The van der Waals surface area contributed by atoms with E-state index in [2.05, 4.69) is 25.2 Å². The maximum absolute atomic E-state index is 13.3. The van der Waals surface area contributed by atoms with Gasteiger partial charge in [-0.25, -0.2) is 14.6 Å². The fraction of sp³-hybridized carbons (Fsp3) is 0.273. The molecule has 39 heavy (non-hydrogen) atoms. The topological polar surface area (TPSA) is 223 Å². The summed E-state index contributed by atoms with van der Waals surface area (Å²) in [5, 5.41) is 35.9. The number of oxime groups is 1. The van der Waals surface area contributed by atoms with E-state index in [-0.39, 0.29) is 22.1 Å². The van der Waals surface area contributed by atoms with Crippen LogP contribution in [-0.2, 0) is 33.8 Å². The number of carboxylic acids is 1. The lowest BCUT2D eigenvalue weighted by molar-refractivity contribution is -0.252. The molecule has 2 aromatic rings. The number of rotatable bonds is 9. The number of hydrogen-bond donors (Lipinski definition) is 5. The van der Waals surface area contributed by atoms with Crippen LogP contribution in [0, 0.1) is 0 Å². The van der Waals surface area contributed by atoms with Crippen molar-refractivity contribution in [3.05, 3.63) is 46.1 Å². The number of amides is 2. The van der Waals surface area contributed by atoms with Gasteiger partial charge in [0.1, 0.15) is 22.8 Å². The molecular formula is C22H21N5O10S2. The van der Waals surface area contributed by atoms with Gasteiger partial charge >= 0.3 is 11.9 Å². The first-order chi connectivity index (χ1) is 18.5. The number of phenolic OH excluding ortho intramolecular Hbond substituents is 2. The van der Waals surface area contributed by atoms with Gasteiger partial charge in [-0.05, 0) is 24.6 Å². The Morgan fingerprint density at radius 1 is 1.28 bits per heavy atom. The summed E-state index contributed by atoms with van der Waals surface area (Å²) in [4.78, 5) is 69.7. The Balaban J connectivity index is 1.58. The second-order valence-electron chi connectivity index (χ2n) is 8.11. The Morgan fingerprint density at radius 3 is 2.64 bits per heavy atom. The number of fused-ring (bicyclic) bond motifs is 1. The van der Waals surface area contributed by atoms with E-state index in [9.17, 15) is 34.5 Å². The van der Waals surface area contributed by atoms with Crippen LogP contribution in [0.3, 0.4) is 0 Å². The number of nitrogens with one attached hydrogen (secondary N) is 1. The van der Waals surface area contributed by atoms with Crippen LogP contribution in [-0.4, -0.2) is 78.9 Å². The molecule has 3 heterocycles. The van der Waals surface area contributed by atoms with Crippen molar-refractivity contribution in [3.63, 3.8) is 0 Å². The third-order valence-corrected chi connectivity index (χ3v) is 7.65. The number of anilines is 1. The molecule has 1 fully saturated rings. The highest BCUT2D eigenvalue weighted by molar-refractivity contribution is 8.00. The minimum absolute atomic E-state index is 0.0158. The van der Waals surface area contributed by atoms with Crippen molar-refractivity contribution in [1.29, 1.82) is 0 Å². The highest BCUT2D eigenvalue weighted by atomic mass is 32.2. The van der Waals surface area contributed by atoms with Gasteiger partial charge in [0.15, 0.2) is 22.3 Å². The smallest absolute Gasteiger partial charge is 0.389 e. The first-order valence-electron chi connectivity index (χ1n) is 10.9. The maximum atomic E-state index is 13.3. The summed E-state index contributed by atoms with van der Waals surface area (Å²) in [7, 11) is 1.15. The van der Waals surface area contributed by atoms with Gasteiger partial charge in [-0.1, -0.05) is 11.2 Å². The van der Waals surface area contributed by atoms with Crippen molar-refractivity contribution in [2.24, 2.45) is 5.16 Å². The summed E-state index contributed by atoms with van der Waals surface area (Å²) in [6, 6.07) is 2.15. The molecule has 1 saturated heterocycles. The van der Waals surface area contributed by atoms with Crippen LogP contribution in [0.25, 0.3) is 0 Å². The Bertz CT molecular complexity index is 1410. The lowest BCUT2D eigenvalue weighted by atomic mass is 10.0. The van der Waals surface area contributed by atoms with Gasteiger partial charge in [0, 0.05) is 16.7 Å². The molecule has 206 valence electrons. The fourth-order valence-corrected chi connectivity index (χ4v) is 5.59. The highest BCUT2D eigenvalue weighted by Crippen LogP contribution is 2.40. The minimum Gasteiger partial charge on any atom is -0.504 e. The average Bonchev–Trinajstić information content (AvgIpc) is 3.32. The fourth-order valence-electron chi connectivity index (χ4n) is 3.75. The van der Waals surface area contributed by atoms with Crippen LogP contribution in [0.4, 0.5) is 5.13 Å². The lowest BCUT2D eigenvalue weighted by Crippen LogP contribution is -2.71. The van der Waals surface area contributed by atoms with Crippen LogP contribution < -0.4 is 11.1 Å². The third kappa shape index (κ3) is 5.45. The van der Waals surface area contributed by atoms with Crippen LogP contribution in [0.2, 0.25) is 0 Å². The lowest BCUT2D eigenvalue weighted by Gasteiger charge is -2.49. The zero-order valence-electron chi connectivity index (χ0n) is 20.2. The molecule has 6 N–H and O–H groups in total. The summed E-state index contributed by atoms with van der Waals surface area (Å²) in [6.45, 7) is 1.66. The monoisotopic (exact) mass is 579 g/mol. The van der Waals surface area contributed by atoms with E-state index in [1.807, 2.05) is 0 Å². The van der Waals surface area contributed by atoms with Crippen molar-refractivity contribution < 1.29 is 49.1 Å². The normalized spacial score (nSPS) is 19.6. The number of phenols is 2. The van der Waals surface area contributed by atoms with E-state index in [4.69, 9.17) is 10.6 Å². The Morgan fingerprint density at radius 2 is 2.03 bits per heavy atom. The largest absolute Gasteiger partial charge is 0.504 e. The number of carboxylic acid groups (broad SMARTS) is 1. The second kappa shape index (κ2) is 11.2. The van der Waals surface area contributed by atoms with Gasteiger partial charge in [0.05, 0.1) is 7.11 Å². The minimum atomic E-state index is -1.78. The maximum Gasteiger partial charge on any atom is 0.389 e. The number of aromatic hydroxyl groups is 2. The average molecular weight is 580 g/mol. The Hall–Kier alpha value is -4.35. The molecular weight excluding hydrogens is 558 g/mol. The number of nitrogen functional groups attached to an aromatic ring is 1. The van der Waals surface area contributed by atoms with Crippen LogP contribution in [0.15, 0.2) is 40.0 Å². The number of β-lactam (4-membered cyclic amide) rings is 1. The van der Waals surface area contributed by atoms with Crippen LogP contribution >= 0.6 is 23.1 Å². The highest BCUT2D eigenvalue weighted by Gasteiger charge is 2.54. The Kier molecular flexibility index (Phi) is 7.93. The number of carbonyl (C=O) groups is 4. The van der Waals surface area contributed by atoms with Crippen molar-refractivity contribution in [2.75, 3.05) is 18.6 Å². The first kappa shape index (κ1) is 27.7. The molecule has 4 rings (SSSR count). The molecule has 17 heteroatoms. The molecule has 0 bridgehead atoms. The van der Waals surface area contributed by atoms with Gasteiger partial charge in [0.2, 0.25) is 6.10 Å². The zero-order chi connectivity index (χ0) is 28.4. The summed E-state index contributed by atoms with van der Waals surface area (Å²) < 4.78 is 0. The number of aromatic nitrogens is 1. The van der Waals surface area contributed by atoms with Crippen LogP contribution in [0.1, 0.15) is 24.3 Å². The number of carbonyl (C=O) groups excluding carboxylic acids is 3. The van der Waals surface area contributed by atoms with Gasteiger partial charge in [-0.2, -0.15) is 4.89 Å².